The van der Waals surface area contributed by atoms with Crippen LogP contribution in [0.2, 0.25) is 0 Å². The van der Waals surface area contributed by atoms with Gasteiger partial charge in [0.1, 0.15) is 17.4 Å². The fraction of sp³-hybridized carbons (Fsp3) is 0.308. The van der Waals surface area contributed by atoms with Crippen LogP contribution in [0.25, 0.3) is 0 Å². The third-order valence-electron chi connectivity index (χ3n) is 6.03. The first-order chi connectivity index (χ1) is 17.2. The zero-order valence-corrected chi connectivity index (χ0v) is 19.9. The average molecular weight is 495 g/mol. The molecule has 0 bridgehead atoms. The molecule has 1 fully saturated rings. The molecule has 1 N–H and O–H groups in total. The first-order valence-corrected chi connectivity index (χ1v) is 11.1. The lowest BCUT2D eigenvalue weighted by atomic mass is 9.71. The van der Waals surface area contributed by atoms with Crippen LogP contribution in [0.5, 0.6) is 0 Å². The third-order valence-corrected chi connectivity index (χ3v) is 6.03. The van der Waals surface area contributed by atoms with Crippen molar-refractivity contribution in [3.05, 3.63) is 71.8 Å². The van der Waals surface area contributed by atoms with Crippen molar-refractivity contribution in [2.24, 2.45) is 11.8 Å². The lowest BCUT2D eigenvalue weighted by Gasteiger charge is -2.38. The Bertz CT molecular complexity index is 1180. The summed E-state index contributed by atoms with van der Waals surface area (Å²) < 4.78 is 14.7. The molecule has 0 unspecified atom stereocenters. The number of ketones is 2. The molecule has 2 aromatic rings. The van der Waals surface area contributed by atoms with Gasteiger partial charge in [-0.1, -0.05) is 48.5 Å². The molecule has 10 heteroatoms. The summed E-state index contributed by atoms with van der Waals surface area (Å²) >= 11 is 0. The maximum absolute atomic E-state index is 14.0. The Morgan fingerprint density at radius 1 is 0.889 bits per heavy atom. The largest absolute Gasteiger partial charge is 0.468 e. The number of esters is 3. The summed E-state index contributed by atoms with van der Waals surface area (Å²) in [5.74, 6) is -12.4. The first kappa shape index (κ1) is 26.3. The van der Waals surface area contributed by atoms with Gasteiger partial charge >= 0.3 is 17.9 Å². The van der Waals surface area contributed by atoms with E-state index in [-0.39, 0.29) is 17.7 Å². The molecule has 0 heterocycles. The molecule has 1 saturated carbocycles. The third kappa shape index (κ3) is 4.49. The van der Waals surface area contributed by atoms with Crippen molar-refractivity contribution < 1.29 is 43.0 Å². The number of methoxy groups -OCH3 is 2. The van der Waals surface area contributed by atoms with Crippen LogP contribution in [0.4, 0.5) is 0 Å². The summed E-state index contributed by atoms with van der Waals surface area (Å²) in [7, 11) is 1.95. The molecular weight excluding hydrogens is 470 g/mol. The van der Waals surface area contributed by atoms with Crippen molar-refractivity contribution in [3.8, 4) is 0 Å². The second-order valence-electron chi connectivity index (χ2n) is 7.96. The van der Waals surface area contributed by atoms with Gasteiger partial charge in [0.05, 0.1) is 20.8 Å². The predicted octanol–water partition coefficient (Wildman–Crippen LogP) is 1.23. The lowest BCUT2D eigenvalue weighted by molar-refractivity contribution is -0.156. The number of Topliss-reactive ketones (excluding diaryl/α,β-unsaturated/α-hetero) is 2. The molecule has 0 aliphatic heterocycles. The van der Waals surface area contributed by atoms with Crippen LogP contribution in [-0.4, -0.2) is 61.7 Å². The minimum atomic E-state index is -2.55. The number of amides is 1. The molecule has 36 heavy (non-hydrogen) atoms. The number of hydrogen-bond donors (Lipinski definition) is 1. The molecule has 1 aliphatic carbocycles. The highest BCUT2D eigenvalue weighted by atomic mass is 16.5. The van der Waals surface area contributed by atoms with Gasteiger partial charge in [0, 0.05) is 5.56 Å². The normalized spacial score (nSPS) is 21.9. The number of carbonyl (C=O) groups excluding carboxylic acids is 6. The molecular formula is C26H25NO9. The fourth-order valence-electron chi connectivity index (χ4n) is 4.48. The second kappa shape index (κ2) is 10.9. The van der Waals surface area contributed by atoms with Gasteiger partial charge in [-0.2, -0.15) is 0 Å². The quantitative estimate of drug-likeness (QED) is 0.325. The van der Waals surface area contributed by atoms with Gasteiger partial charge in [-0.3, -0.25) is 28.8 Å². The van der Waals surface area contributed by atoms with Crippen molar-refractivity contribution >= 4 is 35.4 Å². The number of benzene rings is 2. The molecule has 3 rings (SSSR count). The van der Waals surface area contributed by atoms with Crippen LogP contribution in [0.3, 0.4) is 0 Å². The number of nitrogens with one attached hydrogen (secondary N) is 1. The van der Waals surface area contributed by atoms with E-state index in [1.54, 1.807) is 36.4 Å². The van der Waals surface area contributed by atoms with Gasteiger partial charge in [0.2, 0.25) is 0 Å². The molecule has 0 spiro atoms. The van der Waals surface area contributed by atoms with Crippen LogP contribution in [-0.2, 0) is 38.2 Å². The molecule has 0 radical (unpaired) electrons. The van der Waals surface area contributed by atoms with E-state index in [1.807, 2.05) is 0 Å². The summed E-state index contributed by atoms with van der Waals surface area (Å²) in [6.45, 7) is 1.43. The first-order valence-electron chi connectivity index (χ1n) is 11.1. The second-order valence-corrected chi connectivity index (χ2v) is 7.96. The highest BCUT2D eigenvalue weighted by Gasteiger charge is 2.71. The topological polar surface area (TPSA) is 142 Å². The Kier molecular flexibility index (Phi) is 7.98. The van der Waals surface area contributed by atoms with Gasteiger partial charge in [0.15, 0.2) is 17.5 Å². The molecule has 10 nitrogen and oxygen atoms in total. The van der Waals surface area contributed by atoms with Crippen LogP contribution >= 0.6 is 0 Å². The van der Waals surface area contributed by atoms with Crippen molar-refractivity contribution in [3.63, 3.8) is 0 Å². The highest BCUT2D eigenvalue weighted by molar-refractivity contribution is 6.32. The zero-order valence-electron chi connectivity index (χ0n) is 19.9. The molecule has 4 atom stereocenters. The minimum absolute atomic E-state index is 0.0814. The van der Waals surface area contributed by atoms with Crippen LogP contribution < -0.4 is 5.32 Å². The highest BCUT2D eigenvalue weighted by Crippen LogP contribution is 2.46. The molecule has 1 amide bonds. The van der Waals surface area contributed by atoms with Gasteiger partial charge in [-0.05, 0) is 24.6 Å². The van der Waals surface area contributed by atoms with Crippen LogP contribution in [0.15, 0.2) is 60.7 Å². The average Bonchev–Trinajstić information content (AvgIpc) is 3.10. The summed E-state index contributed by atoms with van der Waals surface area (Å²) in [6.07, 6.45) is 0. The number of hydrogen-bond acceptors (Lipinski definition) is 9. The van der Waals surface area contributed by atoms with Crippen LogP contribution in [0.1, 0.15) is 28.8 Å². The van der Waals surface area contributed by atoms with E-state index in [0.717, 1.165) is 14.2 Å². The van der Waals surface area contributed by atoms with E-state index >= 15 is 0 Å². The Labute approximate surface area is 206 Å². The molecule has 0 saturated heterocycles. The standard InChI is InChI=1S/C26H25NO9/c1-4-36-25(33)18(15-11-7-5-8-12-15)26(27-22(30)16-13-9-6-10-14-16)19(24(32)35-3)20(28)17(21(26)29)23(31)34-2/h5-14,17-19H,4H2,1-3H3,(H,27,30)/t17-,18-,19-,26+/m0/s1. The predicted molar refractivity (Wildman–Crippen MR) is 123 cm³/mol. The van der Waals surface area contributed by atoms with Crippen LogP contribution in [0, 0.1) is 11.8 Å². The van der Waals surface area contributed by atoms with E-state index < -0.39 is 58.7 Å². The van der Waals surface area contributed by atoms with Gasteiger partial charge in [-0.15, -0.1) is 0 Å². The summed E-state index contributed by atoms with van der Waals surface area (Å²) in [4.78, 5) is 79.8. The van der Waals surface area contributed by atoms with Crippen molar-refractivity contribution in [1.29, 1.82) is 0 Å². The Morgan fingerprint density at radius 3 is 1.97 bits per heavy atom. The Balaban J connectivity index is 2.36. The molecule has 2 aromatic carbocycles. The van der Waals surface area contributed by atoms with E-state index in [1.165, 1.54) is 31.2 Å². The molecule has 188 valence electrons. The molecule has 0 aromatic heterocycles. The summed E-state index contributed by atoms with van der Waals surface area (Å²) in [5.41, 5.74) is -2.30. The monoisotopic (exact) mass is 495 g/mol. The van der Waals surface area contributed by atoms with Crippen molar-refractivity contribution in [2.45, 2.75) is 18.4 Å². The SMILES string of the molecule is CCOC(=O)[C@H](c1ccccc1)[C@]1(NC(=O)c2ccccc2)C(=O)[C@@H](C(=O)OC)C(=O)[C@H]1C(=O)OC. The maximum Gasteiger partial charge on any atom is 0.323 e. The minimum Gasteiger partial charge on any atom is -0.468 e. The lowest BCUT2D eigenvalue weighted by Crippen LogP contribution is -2.64. The maximum atomic E-state index is 14.0. The zero-order chi connectivity index (χ0) is 26.5. The smallest absolute Gasteiger partial charge is 0.323 e. The van der Waals surface area contributed by atoms with E-state index in [2.05, 4.69) is 10.1 Å². The van der Waals surface area contributed by atoms with E-state index in [0.29, 0.717) is 0 Å². The van der Waals surface area contributed by atoms with Crippen molar-refractivity contribution in [2.75, 3.05) is 20.8 Å². The summed E-state index contributed by atoms with van der Waals surface area (Å²) in [6, 6.07) is 15.4. The van der Waals surface area contributed by atoms with Gasteiger partial charge in [-0.25, -0.2) is 0 Å². The van der Waals surface area contributed by atoms with Crippen molar-refractivity contribution in [1.82, 2.24) is 5.32 Å². The van der Waals surface area contributed by atoms with Gasteiger partial charge in [0.25, 0.3) is 5.91 Å². The molecule has 1 aliphatic rings. The number of carbonyl (C=O) groups is 6. The Hall–Kier alpha value is -4.34. The number of ether oxygens (including phenoxy) is 3. The van der Waals surface area contributed by atoms with E-state index in [9.17, 15) is 28.8 Å². The Morgan fingerprint density at radius 2 is 1.44 bits per heavy atom. The van der Waals surface area contributed by atoms with E-state index in [4.69, 9.17) is 9.47 Å². The fourth-order valence-corrected chi connectivity index (χ4v) is 4.48. The van der Waals surface area contributed by atoms with Gasteiger partial charge < -0.3 is 19.5 Å². The number of rotatable bonds is 8. The summed E-state index contributed by atoms with van der Waals surface area (Å²) in [5, 5.41) is 2.48.